The van der Waals surface area contributed by atoms with E-state index in [1.807, 2.05) is 12.1 Å². The Hall–Kier alpha value is -1.59. The average Bonchev–Trinajstić information content (AvgIpc) is 2.86. The van der Waals surface area contributed by atoms with Crippen LogP contribution in [-0.4, -0.2) is 41.0 Å². The molecule has 2 rings (SSSR count). The summed E-state index contributed by atoms with van der Waals surface area (Å²) in [7, 11) is 0. The van der Waals surface area contributed by atoms with Crippen LogP contribution in [0.3, 0.4) is 0 Å². The van der Waals surface area contributed by atoms with Gasteiger partial charge in [-0.15, -0.1) is 0 Å². The van der Waals surface area contributed by atoms with Gasteiger partial charge in [-0.05, 0) is 57.2 Å². The third-order valence-corrected chi connectivity index (χ3v) is 4.04. The van der Waals surface area contributed by atoms with Crippen molar-refractivity contribution in [3.05, 3.63) is 34.2 Å². The van der Waals surface area contributed by atoms with Crippen molar-refractivity contribution in [2.24, 2.45) is 0 Å². The quantitative estimate of drug-likeness (QED) is 0.653. The van der Waals surface area contributed by atoms with Crippen molar-refractivity contribution >= 4 is 11.0 Å². The van der Waals surface area contributed by atoms with E-state index >= 15 is 0 Å². The highest BCUT2D eigenvalue weighted by Crippen LogP contribution is 2.16. The summed E-state index contributed by atoms with van der Waals surface area (Å²) < 4.78 is 0. The lowest BCUT2D eigenvalue weighted by Gasteiger charge is -2.19. The van der Waals surface area contributed by atoms with Gasteiger partial charge in [0, 0.05) is 6.04 Å². The van der Waals surface area contributed by atoms with Crippen LogP contribution < -0.4 is 11.0 Å². The summed E-state index contributed by atoms with van der Waals surface area (Å²) in [6, 6.07) is 6.34. The van der Waals surface area contributed by atoms with Crippen molar-refractivity contribution in [2.45, 2.75) is 33.2 Å². The Bertz CT molecular complexity index is 612. The fraction of sp³-hybridized carbons (Fsp3) is 0.562. The maximum Gasteiger partial charge on any atom is 0.323 e. The second kappa shape index (κ2) is 7.43. The molecule has 3 N–H and O–H groups in total. The van der Waals surface area contributed by atoms with Crippen molar-refractivity contribution in [3.8, 4) is 0 Å². The summed E-state index contributed by atoms with van der Waals surface area (Å²) in [5, 5.41) is 3.55. The van der Waals surface area contributed by atoms with E-state index < -0.39 is 0 Å². The first-order chi connectivity index (χ1) is 10.1. The Kier molecular flexibility index (Phi) is 5.59. The van der Waals surface area contributed by atoms with Crippen LogP contribution in [0.2, 0.25) is 0 Å². The van der Waals surface area contributed by atoms with Crippen LogP contribution in [0.25, 0.3) is 11.0 Å². The third kappa shape index (κ3) is 4.19. The van der Waals surface area contributed by atoms with Crippen LogP contribution in [0, 0.1) is 0 Å². The maximum absolute atomic E-state index is 11.3. The SMILES string of the molecule is CCN(CC)CCCNC(C)c1ccc2[nH]c(=O)[nH]c2c1. The van der Waals surface area contributed by atoms with Crippen LogP contribution in [0.15, 0.2) is 23.0 Å². The molecule has 0 fully saturated rings. The standard InChI is InChI=1S/C16H26N4O/c1-4-20(5-2)10-6-9-17-12(3)13-7-8-14-15(11-13)19-16(21)18-14/h7-8,11-12,17H,4-6,9-10H2,1-3H3,(H2,18,19,21). The molecular formula is C16H26N4O. The summed E-state index contributed by atoms with van der Waals surface area (Å²) >= 11 is 0. The van der Waals surface area contributed by atoms with Gasteiger partial charge in [-0.25, -0.2) is 4.79 Å². The van der Waals surface area contributed by atoms with Gasteiger partial charge in [0.1, 0.15) is 0 Å². The lowest BCUT2D eigenvalue weighted by atomic mass is 10.1. The predicted octanol–water partition coefficient (Wildman–Crippen LogP) is 2.24. The van der Waals surface area contributed by atoms with E-state index in [0.717, 1.165) is 43.6 Å². The minimum absolute atomic E-state index is 0.151. The smallest absolute Gasteiger partial charge is 0.310 e. The number of benzene rings is 1. The van der Waals surface area contributed by atoms with Gasteiger partial charge in [0.25, 0.3) is 0 Å². The first kappa shape index (κ1) is 15.8. The Morgan fingerprint density at radius 2 is 1.90 bits per heavy atom. The van der Waals surface area contributed by atoms with Gasteiger partial charge < -0.3 is 20.2 Å². The molecular weight excluding hydrogens is 264 g/mol. The maximum atomic E-state index is 11.3. The Labute approximate surface area is 125 Å². The van der Waals surface area contributed by atoms with Crippen molar-refractivity contribution in [1.29, 1.82) is 0 Å². The lowest BCUT2D eigenvalue weighted by Crippen LogP contribution is -2.28. The van der Waals surface area contributed by atoms with E-state index in [1.54, 1.807) is 0 Å². The minimum Gasteiger partial charge on any atom is -0.310 e. The largest absolute Gasteiger partial charge is 0.323 e. The van der Waals surface area contributed by atoms with E-state index in [-0.39, 0.29) is 11.7 Å². The van der Waals surface area contributed by atoms with E-state index in [0.29, 0.717) is 0 Å². The van der Waals surface area contributed by atoms with Gasteiger partial charge in [0.05, 0.1) is 11.0 Å². The minimum atomic E-state index is -0.151. The van der Waals surface area contributed by atoms with Crippen LogP contribution in [0.5, 0.6) is 0 Å². The molecule has 0 radical (unpaired) electrons. The molecule has 1 unspecified atom stereocenters. The molecule has 21 heavy (non-hydrogen) atoms. The van der Waals surface area contributed by atoms with Gasteiger partial charge in [-0.2, -0.15) is 0 Å². The first-order valence-electron chi connectivity index (χ1n) is 7.81. The summed E-state index contributed by atoms with van der Waals surface area (Å²) in [6.07, 6.45) is 1.15. The van der Waals surface area contributed by atoms with Crippen molar-refractivity contribution in [3.63, 3.8) is 0 Å². The Morgan fingerprint density at radius 1 is 1.19 bits per heavy atom. The topological polar surface area (TPSA) is 63.9 Å². The van der Waals surface area contributed by atoms with Crippen LogP contribution in [0.4, 0.5) is 0 Å². The van der Waals surface area contributed by atoms with Gasteiger partial charge in [-0.1, -0.05) is 19.9 Å². The molecule has 0 bridgehead atoms. The van der Waals surface area contributed by atoms with Crippen molar-refractivity contribution < 1.29 is 0 Å². The molecule has 0 aliphatic heterocycles. The third-order valence-electron chi connectivity index (χ3n) is 4.04. The van der Waals surface area contributed by atoms with E-state index in [4.69, 9.17) is 0 Å². The molecule has 1 atom stereocenters. The zero-order valence-corrected chi connectivity index (χ0v) is 13.2. The number of fused-ring (bicyclic) bond motifs is 1. The molecule has 0 aliphatic rings. The van der Waals surface area contributed by atoms with Crippen LogP contribution in [-0.2, 0) is 0 Å². The van der Waals surface area contributed by atoms with E-state index in [9.17, 15) is 4.79 Å². The van der Waals surface area contributed by atoms with Crippen molar-refractivity contribution in [1.82, 2.24) is 20.2 Å². The predicted molar refractivity (Wildman–Crippen MR) is 87.7 cm³/mol. The molecule has 5 nitrogen and oxygen atoms in total. The normalized spacial score (nSPS) is 13.1. The van der Waals surface area contributed by atoms with E-state index in [1.165, 1.54) is 5.56 Å². The highest BCUT2D eigenvalue weighted by molar-refractivity contribution is 5.75. The molecule has 0 saturated heterocycles. The Morgan fingerprint density at radius 3 is 2.62 bits per heavy atom. The number of H-pyrrole nitrogens is 2. The van der Waals surface area contributed by atoms with Crippen LogP contribution in [0.1, 0.15) is 38.8 Å². The number of hydrogen-bond donors (Lipinski definition) is 3. The average molecular weight is 290 g/mol. The molecule has 0 aliphatic carbocycles. The number of aromatic nitrogens is 2. The first-order valence-corrected chi connectivity index (χ1v) is 7.81. The molecule has 0 spiro atoms. The molecule has 1 aromatic carbocycles. The highest BCUT2D eigenvalue weighted by Gasteiger charge is 2.07. The molecule has 5 heteroatoms. The van der Waals surface area contributed by atoms with Gasteiger partial charge in [0.15, 0.2) is 0 Å². The fourth-order valence-electron chi connectivity index (χ4n) is 2.60. The number of nitrogens with one attached hydrogen (secondary N) is 3. The highest BCUT2D eigenvalue weighted by atomic mass is 16.1. The van der Waals surface area contributed by atoms with Gasteiger partial charge in [0.2, 0.25) is 0 Å². The number of rotatable bonds is 8. The number of nitrogens with zero attached hydrogens (tertiary/aromatic N) is 1. The number of imidazole rings is 1. The summed E-state index contributed by atoms with van der Waals surface area (Å²) in [4.78, 5) is 19.3. The monoisotopic (exact) mass is 290 g/mol. The summed E-state index contributed by atoms with van der Waals surface area (Å²) in [5.74, 6) is 0. The summed E-state index contributed by atoms with van der Waals surface area (Å²) in [6.45, 7) is 10.9. The molecule has 1 heterocycles. The Balaban J connectivity index is 1.86. The number of hydrogen-bond acceptors (Lipinski definition) is 3. The second-order valence-corrected chi connectivity index (χ2v) is 5.44. The molecule has 0 amide bonds. The zero-order valence-electron chi connectivity index (χ0n) is 13.2. The van der Waals surface area contributed by atoms with E-state index in [2.05, 4.69) is 47.0 Å². The van der Waals surface area contributed by atoms with Crippen molar-refractivity contribution in [2.75, 3.05) is 26.2 Å². The molecule has 2 aromatic rings. The second-order valence-electron chi connectivity index (χ2n) is 5.44. The summed E-state index contributed by atoms with van der Waals surface area (Å²) in [5.41, 5.74) is 2.77. The molecule has 0 saturated carbocycles. The fourth-order valence-corrected chi connectivity index (χ4v) is 2.60. The molecule has 1 aromatic heterocycles. The molecule has 116 valence electrons. The van der Waals surface area contributed by atoms with Gasteiger partial charge >= 0.3 is 5.69 Å². The number of aromatic amines is 2. The zero-order chi connectivity index (χ0) is 15.2. The van der Waals surface area contributed by atoms with Gasteiger partial charge in [-0.3, -0.25) is 0 Å². The van der Waals surface area contributed by atoms with Crippen LogP contribution >= 0.6 is 0 Å². The lowest BCUT2D eigenvalue weighted by molar-refractivity contribution is 0.296.